The minimum absolute atomic E-state index is 0.277. The zero-order valence-corrected chi connectivity index (χ0v) is 14.2. The van der Waals surface area contributed by atoms with E-state index < -0.39 is 6.36 Å². The number of aromatic amines is 1. The van der Waals surface area contributed by atoms with Gasteiger partial charge in [0.15, 0.2) is 0 Å². The molecule has 1 aliphatic carbocycles. The Morgan fingerprint density at radius 2 is 2.00 bits per heavy atom. The standard InChI is InChI=1S/C17H11BrF3N3O/c18-10-4-5-13-9(6-10)7-14-15(13)23-24-16(14)22-11-2-1-3-12(8-11)25-17(19,20)21/h1-6,8H,7H2,(H2,22,23,24). The Morgan fingerprint density at radius 3 is 2.80 bits per heavy atom. The number of H-pyrrole nitrogens is 1. The Kier molecular flexibility index (Phi) is 3.72. The molecule has 4 nitrogen and oxygen atoms in total. The van der Waals surface area contributed by atoms with E-state index in [9.17, 15) is 13.2 Å². The fourth-order valence-corrected chi connectivity index (χ4v) is 3.32. The largest absolute Gasteiger partial charge is 0.573 e. The minimum Gasteiger partial charge on any atom is -0.406 e. The summed E-state index contributed by atoms with van der Waals surface area (Å²) in [6.07, 6.45) is -4.02. The van der Waals surface area contributed by atoms with Crippen molar-refractivity contribution in [3.8, 4) is 17.0 Å². The molecule has 0 aliphatic heterocycles. The maximum atomic E-state index is 12.4. The van der Waals surface area contributed by atoms with Crippen molar-refractivity contribution >= 4 is 27.4 Å². The van der Waals surface area contributed by atoms with E-state index in [1.54, 1.807) is 6.07 Å². The van der Waals surface area contributed by atoms with Gasteiger partial charge in [-0.2, -0.15) is 5.10 Å². The highest BCUT2D eigenvalue weighted by molar-refractivity contribution is 9.10. The Bertz CT molecular complexity index is 953. The fraction of sp³-hybridized carbons (Fsp3) is 0.118. The molecule has 3 aromatic rings. The van der Waals surface area contributed by atoms with Crippen LogP contribution < -0.4 is 10.1 Å². The Labute approximate surface area is 149 Å². The van der Waals surface area contributed by atoms with Gasteiger partial charge in [0.25, 0.3) is 0 Å². The van der Waals surface area contributed by atoms with Crippen molar-refractivity contribution in [1.29, 1.82) is 0 Å². The van der Waals surface area contributed by atoms with Crippen molar-refractivity contribution < 1.29 is 17.9 Å². The molecule has 2 aromatic carbocycles. The molecule has 128 valence electrons. The van der Waals surface area contributed by atoms with Gasteiger partial charge in [-0.15, -0.1) is 13.2 Å². The summed E-state index contributed by atoms with van der Waals surface area (Å²) in [6, 6.07) is 11.7. The van der Waals surface area contributed by atoms with Gasteiger partial charge >= 0.3 is 6.36 Å². The van der Waals surface area contributed by atoms with Gasteiger partial charge < -0.3 is 10.1 Å². The van der Waals surface area contributed by atoms with Crippen LogP contribution >= 0.6 is 15.9 Å². The molecule has 0 fully saturated rings. The van der Waals surface area contributed by atoms with Gasteiger partial charge in [0, 0.05) is 33.8 Å². The molecule has 8 heteroatoms. The second kappa shape index (κ2) is 5.80. The average molecular weight is 410 g/mol. The van der Waals surface area contributed by atoms with E-state index in [2.05, 4.69) is 36.2 Å². The first-order valence-electron chi connectivity index (χ1n) is 7.38. The SMILES string of the molecule is FC(F)(F)Oc1cccc(Nc2[nH]nc3c2Cc2cc(Br)ccc2-3)c1. The highest BCUT2D eigenvalue weighted by Gasteiger charge is 2.31. The lowest BCUT2D eigenvalue weighted by Gasteiger charge is -2.11. The third-order valence-electron chi connectivity index (χ3n) is 3.89. The molecule has 0 saturated carbocycles. The predicted molar refractivity (Wildman–Crippen MR) is 90.9 cm³/mol. The van der Waals surface area contributed by atoms with E-state index in [1.807, 2.05) is 18.2 Å². The number of nitrogens with zero attached hydrogens (tertiary/aromatic N) is 1. The number of benzene rings is 2. The number of hydrogen-bond acceptors (Lipinski definition) is 3. The summed E-state index contributed by atoms with van der Waals surface area (Å²) in [5.41, 5.74) is 4.52. The van der Waals surface area contributed by atoms with Crippen molar-refractivity contribution in [2.45, 2.75) is 12.8 Å². The maximum absolute atomic E-state index is 12.4. The van der Waals surface area contributed by atoms with Gasteiger partial charge in [0.1, 0.15) is 11.6 Å². The van der Waals surface area contributed by atoms with Crippen LogP contribution in [0.1, 0.15) is 11.1 Å². The van der Waals surface area contributed by atoms with E-state index in [4.69, 9.17) is 0 Å². The van der Waals surface area contributed by atoms with E-state index in [-0.39, 0.29) is 5.75 Å². The van der Waals surface area contributed by atoms with Gasteiger partial charge in [-0.1, -0.05) is 28.1 Å². The first-order chi connectivity index (χ1) is 11.9. The molecule has 0 amide bonds. The van der Waals surface area contributed by atoms with Crippen molar-refractivity contribution in [2.75, 3.05) is 5.32 Å². The number of anilines is 2. The van der Waals surface area contributed by atoms with Crippen LogP contribution in [-0.2, 0) is 6.42 Å². The number of aromatic nitrogens is 2. The normalized spacial score (nSPS) is 12.6. The zero-order chi connectivity index (χ0) is 17.6. The van der Waals surface area contributed by atoms with Crippen molar-refractivity contribution in [3.63, 3.8) is 0 Å². The number of rotatable bonds is 3. The van der Waals surface area contributed by atoms with E-state index >= 15 is 0 Å². The van der Waals surface area contributed by atoms with Crippen LogP contribution in [0.15, 0.2) is 46.9 Å². The lowest BCUT2D eigenvalue weighted by Crippen LogP contribution is -2.17. The van der Waals surface area contributed by atoms with Crippen LogP contribution in [0.4, 0.5) is 24.7 Å². The van der Waals surface area contributed by atoms with Gasteiger partial charge in [-0.3, -0.25) is 5.10 Å². The van der Waals surface area contributed by atoms with Crippen LogP contribution in [0, 0.1) is 0 Å². The summed E-state index contributed by atoms with van der Waals surface area (Å²) in [7, 11) is 0. The molecule has 0 bridgehead atoms. The Balaban J connectivity index is 1.60. The van der Waals surface area contributed by atoms with E-state index in [0.717, 1.165) is 26.9 Å². The van der Waals surface area contributed by atoms with E-state index in [1.165, 1.54) is 18.2 Å². The average Bonchev–Trinajstić information content (AvgIpc) is 3.05. The number of halogens is 4. The smallest absolute Gasteiger partial charge is 0.406 e. The van der Waals surface area contributed by atoms with Gasteiger partial charge in [0.05, 0.1) is 5.69 Å². The van der Waals surface area contributed by atoms with E-state index in [0.29, 0.717) is 17.9 Å². The van der Waals surface area contributed by atoms with Gasteiger partial charge in [-0.05, 0) is 29.8 Å². The molecule has 25 heavy (non-hydrogen) atoms. The Hall–Kier alpha value is -2.48. The van der Waals surface area contributed by atoms with Gasteiger partial charge in [-0.25, -0.2) is 0 Å². The molecule has 2 N–H and O–H groups in total. The third-order valence-corrected chi connectivity index (χ3v) is 4.39. The molecule has 0 radical (unpaired) electrons. The second-order valence-electron chi connectivity index (χ2n) is 5.60. The topological polar surface area (TPSA) is 49.9 Å². The summed E-state index contributed by atoms with van der Waals surface area (Å²) in [4.78, 5) is 0. The zero-order valence-electron chi connectivity index (χ0n) is 12.6. The molecule has 1 heterocycles. The van der Waals surface area contributed by atoms with Crippen LogP contribution in [0.3, 0.4) is 0 Å². The number of ether oxygens (including phenoxy) is 1. The van der Waals surface area contributed by atoms with Crippen molar-refractivity contribution in [1.82, 2.24) is 10.2 Å². The first kappa shape index (κ1) is 16.0. The molecule has 1 aliphatic rings. The maximum Gasteiger partial charge on any atom is 0.573 e. The summed E-state index contributed by atoms with van der Waals surface area (Å²) in [6.45, 7) is 0. The molecule has 0 unspecified atom stereocenters. The summed E-state index contributed by atoms with van der Waals surface area (Å²) in [5, 5.41) is 10.3. The number of fused-ring (bicyclic) bond motifs is 3. The molecule has 4 rings (SSSR count). The summed E-state index contributed by atoms with van der Waals surface area (Å²) >= 11 is 3.45. The Morgan fingerprint density at radius 1 is 1.16 bits per heavy atom. The lowest BCUT2D eigenvalue weighted by molar-refractivity contribution is -0.274. The summed E-state index contributed by atoms with van der Waals surface area (Å²) < 4.78 is 42.0. The molecular weight excluding hydrogens is 399 g/mol. The quantitative estimate of drug-likeness (QED) is 0.477. The number of nitrogens with one attached hydrogen (secondary N) is 2. The summed E-state index contributed by atoms with van der Waals surface area (Å²) in [5.74, 6) is 0.382. The van der Waals surface area contributed by atoms with Crippen LogP contribution in [0.25, 0.3) is 11.3 Å². The molecule has 0 saturated heterocycles. The fourth-order valence-electron chi connectivity index (χ4n) is 2.91. The highest BCUT2D eigenvalue weighted by atomic mass is 79.9. The second-order valence-corrected chi connectivity index (χ2v) is 6.52. The third kappa shape index (κ3) is 3.21. The highest BCUT2D eigenvalue weighted by Crippen LogP contribution is 2.40. The number of hydrogen-bond donors (Lipinski definition) is 2. The molecule has 0 spiro atoms. The first-order valence-corrected chi connectivity index (χ1v) is 8.17. The lowest BCUT2D eigenvalue weighted by atomic mass is 10.1. The predicted octanol–water partition coefficient (Wildman–Crippen LogP) is 5.39. The minimum atomic E-state index is -4.72. The number of alkyl halides is 3. The molecular formula is C17H11BrF3N3O. The van der Waals surface area contributed by atoms with Crippen LogP contribution in [-0.4, -0.2) is 16.6 Å². The van der Waals surface area contributed by atoms with Gasteiger partial charge in [0.2, 0.25) is 0 Å². The van der Waals surface area contributed by atoms with Crippen LogP contribution in [0.2, 0.25) is 0 Å². The van der Waals surface area contributed by atoms with Crippen molar-refractivity contribution in [2.24, 2.45) is 0 Å². The van der Waals surface area contributed by atoms with Crippen LogP contribution in [0.5, 0.6) is 5.75 Å². The monoisotopic (exact) mass is 409 g/mol. The molecule has 1 aromatic heterocycles. The molecule has 0 atom stereocenters. The van der Waals surface area contributed by atoms with Crippen molar-refractivity contribution in [3.05, 3.63) is 58.1 Å².